The monoisotopic (exact) mass is 430 g/mol. The normalized spacial score (nSPS) is 12.1. The Morgan fingerprint density at radius 2 is 1.68 bits per heavy atom. The van der Waals surface area contributed by atoms with Gasteiger partial charge in [0, 0.05) is 0 Å². The highest BCUT2D eigenvalue weighted by molar-refractivity contribution is 8.22. The zero-order valence-corrected chi connectivity index (χ0v) is 19.3. The molecular weight excluding hydrogens is 400 g/mol. The third-order valence-corrected chi connectivity index (χ3v) is 5.05. The van der Waals surface area contributed by atoms with Crippen LogP contribution in [0.15, 0.2) is 12.1 Å². The summed E-state index contributed by atoms with van der Waals surface area (Å²) in [6, 6.07) is 3.77. The molecule has 1 atom stereocenters. The van der Waals surface area contributed by atoms with Crippen LogP contribution in [-0.4, -0.2) is 43.7 Å². The lowest BCUT2D eigenvalue weighted by atomic mass is 9.97. The molecule has 0 aromatic heterocycles. The van der Waals surface area contributed by atoms with Gasteiger partial charge in [0.15, 0.2) is 16.9 Å². The van der Waals surface area contributed by atoms with E-state index in [9.17, 15) is 4.79 Å². The zero-order chi connectivity index (χ0) is 21.3. The summed E-state index contributed by atoms with van der Waals surface area (Å²) in [7, 11) is 4.71. The van der Waals surface area contributed by atoms with E-state index in [1.54, 1.807) is 21.3 Å². The van der Waals surface area contributed by atoms with E-state index in [2.05, 4.69) is 0 Å². The van der Waals surface area contributed by atoms with E-state index < -0.39 is 10.9 Å². The van der Waals surface area contributed by atoms with Gasteiger partial charge in [-0.15, -0.1) is 0 Å². The van der Waals surface area contributed by atoms with Gasteiger partial charge in [0.25, 0.3) is 0 Å². The van der Waals surface area contributed by atoms with E-state index in [-0.39, 0.29) is 5.97 Å². The lowest BCUT2D eigenvalue weighted by Crippen LogP contribution is -2.28. The van der Waals surface area contributed by atoms with Gasteiger partial charge in [0.1, 0.15) is 0 Å². The van der Waals surface area contributed by atoms with Crippen LogP contribution in [0, 0.1) is 5.41 Å². The van der Waals surface area contributed by atoms with E-state index in [0.29, 0.717) is 41.1 Å². The number of esters is 1. The SMILES string of the molecule is CCOC(=S)SC(CCc1cc(OC)c(OC)c(OC)c1)OC(=O)C(C)(C)C. The molecule has 0 fully saturated rings. The van der Waals surface area contributed by atoms with Crippen molar-refractivity contribution in [3.63, 3.8) is 0 Å². The van der Waals surface area contributed by atoms with Crippen LogP contribution in [0.1, 0.15) is 39.7 Å². The van der Waals surface area contributed by atoms with Crippen molar-refractivity contribution < 1.29 is 28.5 Å². The molecule has 8 heteroatoms. The van der Waals surface area contributed by atoms with Gasteiger partial charge in [-0.2, -0.15) is 0 Å². The first-order chi connectivity index (χ1) is 13.2. The first-order valence-electron chi connectivity index (χ1n) is 8.99. The van der Waals surface area contributed by atoms with E-state index >= 15 is 0 Å². The summed E-state index contributed by atoms with van der Waals surface area (Å²) in [5, 5.41) is 0. The number of methoxy groups -OCH3 is 3. The predicted octanol–water partition coefficient (Wildman–Crippen LogP) is 4.62. The van der Waals surface area contributed by atoms with Crippen LogP contribution < -0.4 is 14.2 Å². The van der Waals surface area contributed by atoms with Crippen molar-refractivity contribution in [2.45, 2.75) is 46.0 Å². The van der Waals surface area contributed by atoms with Gasteiger partial charge in [-0.3, -0.25) is 4.79 Å². The standard InChI is InChI=1S/C20H30O6S2/c1-8-25-19(27)28-16(26-18(21)20(2,3)4)10-9-13-11-14(22-5)17(24-7)15(12-13)23-6/h11-12,16H,8-10H2,1-7H3. The van der Waals surface area contributed by atoms with Gasteiger partial charge in [-0.1, -0.05) is 0 Å². The Hall–Kier alpha value is -1.67. The summed E-state index contributed by atoms with van der Waals surface area (Å²) in [4.78, 5) is 12.3. The molecule has 0 radical (unpaired) electrons. The van der Waals surface area contributed by atoms with Crippen LogP contribution in [0.5, 0.6) is 17.2 Å². The third-order valence-electron chi connectivity index (χ3n) is 3.73. The maximum absolute atomic E-state index is 12.3. The number of hydrogen-bond acceptors (Lipinski definition) is 8. The summed E-state index contributed by atoms with van der Waals surface area (Å²) in [6.07, 6.45) is 1.18. The molecule has 1 aromatic carbocycles. The molecule has 0 aliphatic rings. The minimum absolute atomic E-state index is 0.283. The van der Waals surface area contributed by atoms with Crippen LogP contribution >= 0.6 is 24.0 Å². The fraction of sp³-hybridized carbons (Fsp3) is 0.600. The van der Waals surface area contributed by atoms with Crippen molar-refractivity contribution in [1.29, 1.82) is 0 Å². The second kappa shape index (κ2) is 11.4. The number of thiocarbonyl (C=S) groups is 1. The predicted molar refractivity (Wildman–Crippen MR) is 116 cm³/mol. The Balaban J connectivity index is 2.96. The summed E-state index contributed by atoms with van der Waals surface area (Å²) in [5.41, 5.74) is -0.0856. The Labute approximate surface area is 177 Å². The fourth-order valence-electron chi connectivity index (χ4n) is 2.26. The molecule has 0 heterocycles. The molecule has 0 spiro atoms. The van der Waals surface area contributed by atoms with Gasteiger partial charge >= 0.3 is 5.97 Å². The first-order valence-corrected chi connectivity index (χ1v) is 10.3. The molecule has 1 rings (SSSR count). The maximum Gasteiger partial charge on any atom is 0.312 e. The average molecular weight is 431 g/mol. The van der Waals surface area contributed by atoms with Crippen LogP contribution in [0.4, 0.5) is 0 Å². The number of benzene rings is 1. The van der Waals surface area contributed by atoms with Crippen molar-refractivity contribution in [2.24, 2.45) is 5.41 Å². The van der Waals surface area contributed by atoms with Crippen LogP contribution in [-0.2, 0) is 20.7 Å². The molecule has 1 unspecified atom stereocenters. The quantitative estimate of drug-likeness (QED) is 0.320. The molecule has 0 saturated carbocycles. The lowest BCUT2D eigenvalue weighted by molar-refractivity contribution is -0.154. The summed E-state index contributed by atoms with van der Waals surface area (Å²) >= 11 is 6.45. The molecule has 0 N–H and O–H groups in total. The van der Waals surface area contributed by atoms with E-state index in [4.69, 9.17) is 35.9 Å². The topological polar surface area (TPSA) is 63.2 Å². The van der Waals surface area contributed by atoms with E-state index in [1.807, 2.05) is 39.8 Å². The molecule has 0 amide bonds. The van der Waals surface area contributed by atoms with Gasteiger partial charge in [-0.05, 0) is 82.2 Å². The number of thioether (sulfide) groups is 1. The molecule has 0 aliphatic carbocycles. The number of hydrogen-bond donors (Lipinski definition) is 0. The van der Waals surface area contributed by atoms with Gasteiger partial charge in [0.05, 0.1) is 33.4 Å². The van der Waals surface area contributed by atoms with E-state index in [1.165, 1.54) is 11.8 Å². The highest BCUT2D eigenvalue weighted by Gasteiger charge is 2.27. The van der Waals surface area contributed by atoms with Crippen LogP contribution in [0.25, 0.3) is 0 Å². The van der Waals surface area contributed by atoms with E-state index in [0.717, 1.165) is 5.56 Å². The number of carbonyl (C=O) groups is 1. The summed E-state index contributed by atoms with van der Waals surface area (Å²) in [6.45, 7) is 7.78. The number of aryl methyl sites for hydroxylation is 1. The average Bonchev–Trinajstić information content (AvgIpc) is 2.64. The third kappa shape index (κ3) is 7.39. The molecule has 1 aromatic rings. The maximum atomic E-state index is 12.3. The molecule has 0 saturated heterocycles. The van der Waals surface area contributed by atoms with Gasteiger partial charge in [-0.25, -0.2) is 0 Å². The van der Waals surface area contributed by atoms with Crippen molar-refractivity contribution in [3.05, 3.63) is 17.7 Å². The second-order valence-corrected chi connectivity index (χ2v) is 8.72. The largest absolute Gasteiger partial charge is 0.493 e. The Morgan fingerprint density at radius 3 is 2.11 bits per heavy atom. The van der Waals surface area contributed by atoms with Crippen molar-refractivity contribution in [3.8, 4) is 17.2 Å². The minimum atomic E-state index is -0.599. The Bertz CT molecular complexity index is 644. The number of rotatable bonds is 9. The molecule has 158 valence electrons. The lowest BCUT2D eigenvalue weighted by Gasteiger charge is -2.23. The van der Waals surface area contributed by atoms with Crippen molar-refractivity contribution in [1.82, 2.24) is 0 Å². The Kier molecular flexibility index (Phi) is 9.89. The summed E-state index contributed by atoms with van der Waals surface area (Å²) in [5.74, 6) is 1.42. The molecule has 0 aliphatic heterocycles. The highest BCUT2D eigenvalue weighted by atomic mass is 32.2. The van der Waals surface area contributed by atoms with Crippen LogP contribution in [0.2, 0.25) is 0 Å². The van der Waals surface area contributed by atoms with Crippen molar-refractivity contribution in [2.75, 3.05) is 27.9 Å². The van der Waals surface area contributed by atoms with Crippen LogP contribution in [0.3, 0.4) is 0 Å². The number of carbonyl (C=O) groups excluding carboxylic acids is 1. The van der Waals surface area contributed by atoms with Gasteiger partial charge in [0.2, 0.25) is 10.1 Å². The number of ether oxygens (including phenoxy) is 5. The zero-order valence-electron chi connectivity index (χ0n) is 17.6. The molecular formula is C20H30O6S2. The molecule has 6 nitrogen and oxygen atoms in total. The highest BCUT2D eigenvalue weighted by Crippen LogP contribution is 2.39. The molecule has 28 heavy (non-hydrogen) atoms. The molecule has 0 bridgehead atoms. The fourth-order valence-corrected chi connectivity index (χ4v) is 3.47. The summed E-state index contributed by atoms with van der Waals surface area (Å²) < 4.78 is 27.5. The Morgan fingerprint density at radius 1 is 1.11 bits per heavy atom. The minimum Gasteiger partial charge on any atom is -0.493 e. The van der Waals surface area contributed by atoms with Gasteiger partial charge < -0.3 is 23.7 Å². The smallest absolute Gasteiger partial charge is 0.312 e. The second-order valence-electron chi connectivity index (χ2n) is 6.96. The first kappa shape index (κ1) is 24.4. The van der Waals surface area contributed by atoms with Crippen molar-refractivity contribution >= 4 is 34.3 Å².